The van der Waals surface area contributed by atoms with Crippen LogP contribution in [0.25, 0.3) is 17.1 Å². The average molecular weight is 504 g/mol. The van der Waals surface area contributed by atoms with Crippen LogP contribution in [0.15, 0.2) is 53.4 Å². The summed E-state index contributed by atoms with van der Waals surface area (Å²) in [5.74, 6) is 0.125. The van der Waals surface area contributed by atoms with Crippen molar-refractivity contribution in [2.45, 2.75) is 56.5 Å². The van der Waals surface area contributed by atoms with Crippen LogP contribution in [-0.2, 0) is 4.79 Å². The van der Waals surface area contributed by atoms with Gasteiger partial charge >= 0.3 is 11.5 Å². The smallest absolute Gasteiger partial charge is 0.446 e. The first kappa shape index (κ1) is 25.2. The highest BCUT2D eigenvalue weighted by Crippen LogP contribution is 2.46. The zero-order valence-electron chi connectivity index (χ0n) is 19.8. The van der Waals surface area contributed by atoms with E-state index in [9.17, 15) is 18.0 Å². The fourth-order valence-electron chi connectivity index (χ4n) is 5.21. The molecule has 1 aliphatic carbocycles. The molecule has 1 heterocycles. The van der Waals surface area contributed by atoms with Gasteiger partial charge in [-0.2, -0.15) is 13.2 Å². The third-order valence-corrected chi connectivity index (χ3v) is 6.94. The number of rotatable bonds is 6. The first-order valence-electron chi connectivity index (χ1n) is 11.4. The summed E-state index contributed by atoms with van der Waals surface area (Å²) in [6.07, 6.45) is 5.71. The normalized spacial score (nSPS) is 20.4. The number of carboxylic acids is 1. The van der Waals surface area contributed by atoms with Gasteiger partial charge in [-0.1, -0.05) is 26.8 Å². The van der Waals surface area contributed by atoms with Crippen molar-refractivity contribution < 1.29 is 23.1 Å². The van der Waals surface area contributed by atoms with Crippen LogP contribution in [0.3, 0.4) is 0 Å². The van der Waals surface area contributed by atoms with E-state index in [-0.39, 0.29) is 28.1 Å². The molecule has 0 amide bonds. The molecule has 0 radical (unpaired) electrons. The van der Waals surface area contributed by atoms with Crippen molar-refractivity contribution in [3.05, 3.63) is 54.1 Å². The summed E-state index contributed by atoms with van der Waals surface area (Å²) in [5, 5.41) is 12.3. The molecule has 2 N–H and O–H groups in total. The molecule has 2 aromatic carbocycles. The van der Waals surface area contributed by atoms with E-state index in [1.807, 2.05) is 18.2 Å². The number of benzene rings is 2. The van der Waals surface area contributed by atoms with E-state index in [2.05, 4.69) is 30.7 Å². The fourth-order valence-corrected chi connectivity index (χ4v) is 5.75. The second-order valence-electron chi connectivity index (χ2n) is 9.99. The number of nitrogens with one attached hydrogen (secondary N) is 1. The largest absolute Gasteiger partial charge is 0.478 e. The second kappa shape index (κ2) is 9.60. The number of halogens is 3. The van der Waals surface area contributed by atoms with E-state index in [1.54, 1.807) is 12.1 Å². The van der Waals surface area contributed by atoms with Gasteiger partial charge in [0.2, 0.25) is 5.95 Å². The Hall–Kier alpha value is -2.94. The molecule has 4 rings (SSSR count). The zero-order valence-corrected chi connectivity index (χ0v) is 20.6. The van der Waals surface area contributed by atoms with Crippen LogP contribution in [0, 0.1) is 11.3 Å². The summed E-state index contributed by atoms with van der Waals surface area (Å²) >= 11 is -0.143. The van der Waals surface area contributed by atoms with Crippen molar-refractivity contribution >= 4 is 46.5 Å². The van der Waals surface area contributed by atoms with Gasteiger partial charge in [-0.3, -0.25) is 0 Å². The lowest BCUT2D eigenvalue weighted by Gasteiger charge is -2.40. The molecule has 0 spiro atoms. The van der Waals surface area contributed by atoms with Gasteiger partial charge in [-0.05, 0) is 90.4 Å². The quantitative estimate of drug-likeness (QED) is 0.265. The van der Waals surface area contributed by atoms with Gasteiger partial charge in [0.1, 0.15) is 0 Å². The Morgan fingerprint density at radius 1 is 1.20 bits per heavy atom. The highest BCUT2D eigenvalue weighted by molar-refractivity contribution is 8.00. The number of alkyl halides is 3. The SMILES string of the molecule is C[C@H]1C[C@@H](n2c(Nc3ccc(SC(F)(F)F)cc3)nc3cc(/C=C/C(=O)O)ccc32)CC(C)(C)C1. The zero-order chi connectivity index (χ0) is 25.4. The monoisotopic (exact) mass is 503 g/mol. The van der Waals surface area contributed by atoms with E-state index in [0.29, 0.717) is 17.6 Å². The number of anilines is 2. The van der Waals surface area contributed by atoms with Crippen molar-refractivity contribution in [1.82, 2.24) is 9.55 Å². The Morgan fingerprint density at radius 3 is 2.54 bits per heavy atom. The van der Waals surface area contributed by atoms with Crippen molar-refractivity contribution in [2.24, 2.45) is 11.3 Å². The summed E-state index contributed by atoms with van der Waals surface area (Å²) in [6, 6.07) is 12.0. The third kappa shape index (κ3) is 6.39. The minimum absolute atomic E-state index is 0.120. The molecule has 9 heteroatoms. The molecule has 1 aromatic heterocycles. The van der Waals surface area contributed by atoms with Crippen LogP contribution >= 0.6 is 11.8 Å². The molecule has 186 valence electrons. The summed E-state index contributed by atoms with van der Waals surface area (Å²) in [6.45, 7) is 6.80. The van der Waals surface area contributed by atoms with Crippen LogP contribution < -0.4 is 5.32 Å². The number of hydrogen-bond acceptors (Lipinski definition) is 4. The molecule has 35 heavy (non-hydrogen) atoms. The van der Waals surface area contributed by atoms with E-state index in [4.69, 9.17) is 10.1 Å². The summed E-state index contributed by atoms with van der Waals surface area (Å²) in [4.78, 5) is 15.8. The first-order chi connectivity index (χ1) is 16.4. The molecule has 1 aliphatic rings. The minimum Gasteiger partial charge on any atom is -0.478 e. The molecule has 0 bridgehead atoms. The fraction of sp³-hybridized carbons (Fsp3) is 0.385. The maximum absolute atomic E-state index is 12.7. The summed E-state index contributed by atoms with van der Waals surface area (Å²) in [7, 11) is 0. The van der Waals surface area contributed by atoms with Crippen molar-refractivity contribution in [2.75, 3.05) is 5.32 Å². The summed E-state index contributed by atoms with van der Waals surface area (Å²) in [5.41, 5.74) is -1.15. The molecule has 3 aromatic rings. The number of imidazole rings is 1. The van der Waals surface area contributed by atoms with Gasteiger partial charge in [-0.15, -0.1) is 0 Å². The predicted molar refractivity (Wildman–Crippen MR) is 134 cm³/mol. The molecule has 1 fully saturated rings. The lowest BCUT2D eigenvalue weighted by molar-refractivity contribution is -0.131. The van der Waals surface area contributed by atoms with Gasteiger partial charge in [0.05, 0.1) is 11.0 Å². The number of carboxylic acid groups (broad SMARTS) is 1. The molecular formula is C26H28F3N3O2S. The van der Waals surface area contributed by atoms with Crippen molar-refractivity contribution in [1.29, 1.82) is 0 Å². The van der Waals surface area contributed by atoms with Crippen LogP contribution in [0.1, 0.15) is 51.6 Å². The van der Waals surface area contributed by atoms with Crippen LogP contribution in [0.4, 0.5) is 24.8 Å². The molecule has 0 saturated heterocycles. The molecule has 0 unspecified atom stereocenters. The van der Waals surface area contributed by atoms with Gasteiger partial charge < -0.3 is 15.0 Å². The third-order valence-electron chi connectivity index (χ3n) is 6.20. The topological polar surface area (TPSA) is 67.2 Å². The van der Waals surface area contributed by atoms with Gasteiger partial charge in [0.25, 0.3) is 0 Å². The molecule has 1 saturated carbocycles. The molecule has 5 nitrogen and oxygen atoms in total. The Balaban J connectivity index is 1.73. The first-order valence-corrected chi connectivity index (χ1v) is 12.3. The predicted octanol–water partition coefficient (Wildman–Crippen LogP) is 7.88. The second-order valence-corrected chi connectivity index (χ2v) is 11.1. The summed E-state index contributed by atoms with van der Waals surface area (Å²) < 4.78 is 40.3. The standard InChI is InChI=1S/C26H28F3N3O2S/c1-16-12-19(15-25(2,3)14-16)32-22-10-4-17(5-11-23(33)34)13-21(22)31-24(32)30-18-6-8-20(9-7-18)35-26(27,28)29/h4-11,13,16,19H,12,14-15H2,1-3H3,(H,30,31)(H,33,34)/b11-5+/t16-,19+/m0/s1. The Kier molecular flexibility index (Phi) is 6.90. The number of aliphatic carboxylic acids is 1. The highest BCUT2D eigenvalue weighted by Gasteiger charge is 2.34. The Labute approximate surface area is 206 Å². The number of nitrogens with zero attached hydrogens (tertiary/aromatic N) is 2. The Bertz CT molecular complexity index is 1250. The number of hydrogen-bond donors (Lipinski definition) is 2. The van der Waals surface area contributed by atoms with Gasteiger partial charge in [-0.25, -0.2) is 9.78 Å². The van der Waals surface area contributed by atoms with Gasteiger partial charge in [0.15, 0.2) is 0 Å². The number of thioether (sulfide) groups is 1. The maximum atomic E-state index is 12.7. The Morgan fingerprint density at radius 2 is 1.91 bits per heavy atom. The van der Waals surface area contributed by atoms with Crippen molar-refractivity contribution in [3.8, 4) is 0 Å². The minimum atomic E-state index is -4.33. The van der Waals surface area contributed by atoms with E-state index in [0.717, 1.165) is 41.9 Å². The van der Waals surface area contributed by atoms with E-state index in [1.165, 1.54) is 18.2 Å². The van der Waals surface area contributed by atoms with E-state index >= 15 is 0 Å². The number of carbonyl (C=O) groups is 1. The average Bonchev–Trinajstić information content (AvgIpc) is 3.08. The van der Waals surface area contributed by atoms with E-state index < -0.39 is 11.5 Å². The number of aromatic nitrogens is 2. The van der Waals surface area contributed by atoms with Crippen molar-refractivity contribution in [3.63, 3.8) is 0 Å². The molecule has 0 aliphatic heterocycles. The molecular weight excluding hydrogens is 475 g/mol. The molecule has 2 atom stereocenters. The number of fused-ring (bicyclic) bond motifs is 1. The van der Waals surface area contributed by atoms with Crippen LogP contribution in [0.5, 0.6) is 0 Å². The van der Waals surface area contributed by atoms with Gasteiger partial charge in [0, 0.05) is 22.7 Å². The lowest BCUT2D eigenvalue weighted by atomic mass is 9.70. The van der Waals surface area contributed by atoms with Crippen LogP contribution in [-0.4, -0.2) is 26.1 Å². The lowest BCUT2D eigenvalue weighted by Crippen LogP contribution is -2.29. The maximum Gasteiger partial charge on any atom is 0.446 e. The highest BCUT2D eigenvalue weighted by atomic mass is 32.2. The van der Waals surface area contributed by atoms with Crippen LogP contribution in [0.2, 0.25) is 0 Å².